The predicted molar refractivity (Wildman–Crippen MR) is 115 cm³/mol. The number of sulfonamides is 1. The van der Waals surface area contributed by atoms with Crippen molar-refractivity contribution in [1.29, 1.82) is 0 Å². The second-order valence-corrected chi connectivity index (χ2v) is 9.76. The molecule has 0 radical (unpaired) electrons. The summed E-state index contributed by atoms with van der Waals surface area (Å²) in [5.41, 5.74) is 2.88. The van der Waals surface area contributed by atoms with Gasteiger partial charge in [-0.05, 0) is 41.2 Å². The molecule has 0 unspecified atom stereocenters. The van der Waals surface area contributed by atoms with Crippen molar-refractivity contribution in [2.45, 2.75) is 51.0 Å². The number of benzene rings is 2. The fraction of sp³-hybridized carbons (Fsp3) is 0.364. The number of nitrogens with zero attached hydrogens (tertiary/aromatic N) is 2. The van der Waals surface area contributed by atoms with Crippen LogP contribution >= 0.6 is 0 Å². The smallest absolute Gasteiger partial charge is 0.242 e. The van der Waals surface area contributed by atoms with Gasteiger partial charge in [0.1, 0.15) is 5.75 Å². The monoisotopic (exact) mass is 429 g/mol. The molecule has 1 aromatic heterocycles. The number of aryl methyl sites for hydroxylation is 1. The molecule has 0 fully saturated rings. The van der Waals surface area contributed by atoms with Gasteiger partial charge < -0.3 is 9.26 Å². The van der Waals surface area contributed by atoms with Gasteiger partial charge in [-0.2, -0.15) is 4.98 Å². The van der Waals surface area contributed by atoms with Crippen molar-refractivity contribution in [3.8, 4) is 17.1 Å². The van der Waals surface area contributed by atoms with Gasteiger partial charge in [-0.15, -0.1) is 0 Å². The van der Waals surface area contributed by atoms with Crippen LogP contribution < -0.4 is 9.46 Å². The molecule has 0 aliphatic heterocycles. The van der Waals surface area contributed by atoms with E-state index in [1.54, 1.807) is 19.2 Å². The van der Waals surface area contributed by atoms with Gasteiger partial charge >= 0.3 is 0 Å². The largest absolute Gasteiger partial charge is 0.496 e. The maximum atomic E-state index is 12.6. The molecule has 0 spiro atoms. The minimum atomic E-state index is -3.73. The molecular weight excluding hydrogens is 402 g/mol. The molecule has 0 amide bonds. The number of nitrogens with one attached hydrogen (secondary N) is 1. The Morgan fingerprint density at radius 1 is 1.10 bits per heavy atom. The summed E-state index contributed by atoms with van der Waals surface area (Å²) >= 11 is 0. The van der Waals surface area contributed by atoms with Gasteiger partial charge in [0.15, 0.2) is 0 Å². The van der Waals surface area contributed by atoms with Crippen LogP contribution in [0.5, 0.6) is 5.75 Å². The van der Waals surface area contributed by atoms with E-state index in [0.29, 0.717) is 18.0 Å². The van der Waals surface area contributed by atoms with Gasteiger partial charge in [-0.25, -0.2) is 13.1 Å². The van der Waals surface area contributed by atoms with Crippen molar-refractivity contribution in [2.24, 2.45) is 0 Å². The van der Waals surface area contributed by atoms with Gasteiger partial charge in [0.25, 0.3) is 0 Å². The number of hydrogen-bond acceptors (Lipinski definition) is 6. The zero-order chi connectivity index (χ0) is 21.9. The summed E-state index contributed by atoms with van der Waals surface area (Å²) in [4.78, 5) is 4.47. The Labute approximate surface area is 177 Å². The second-order valence-electron chi connectivity index (χ2n) is 7.99. The van der Waals surface area contributed by atoms with Crippen LogP contribution in [0.2, 0.25) is 0 Å². The Morgan fingerprint density at radius 2 is 1.80 bits per heavy atom. The van der Waals surface area contributed by atoms with E-state index in [9.17, 15) is 8.42 Å². The molecule has 8 heteroatoms. The van der Waals surface area contributed by atoms with Crippen molar-refractivity contribution in [2.75, 3.05) is 7.11 Å². The lowest BCUT2D eigenvalue weighted by atomic mass is 9.87. The zero-order valence-electron chi connectivity index (χ0n) is 17.9. The normalized spacial score (nSPS) is 12.2. The summed E-state index contributed by atoms with van der Waals surface area (Å²) in [5, 5.41) is 3.96. The molecule has 160 valence electrons. The van der Waals surface area contributed by atoms with E-state index in [4.69, 9.17) is 9.26 Å². The number of rotatable bonds is 7. The number of aromatic nitrogens is 2. The van der Waals surface area contributed by atoms with Crippen LogP contribution in [-0.2, 0) is 28.4 Å². The molecule has 3 rings (SSSR count). The van der Waals surface area contributed by atoms with E-state index < -0.39 is 10.0 Å². The predicted octanol–water partition coefficient (Wildman–Crippen LogP) is 4.08. The van der Waals surface area contributed by atoms with Gasteiger partial charge in [0, 0.05) is 5.56 Å². The fourth-order valence-corrected chi connectivity index (χ4v) is 4.03. The zero-order valence-corrected chi connectivity index (χ0v) is 18.7. The quantitative estimate of drug-likeness (QED) is 0.608. The highest BCUT2D eigenvalue weighted by molar-refractivity contribution is 7.89. The Morgan fingerprint density at radius 3 is 2.40 bits per heavy atom. The highest BCUT2D eigenvalue weighted by Gasteiger charge is 2.19. The van der Waals surface area contributed by atoms with Crippen LogP contribution in [0.25, 0.3) is 11.4 Å². The summed E-state index contributed by atoms with van der Waals surface area (Å²) in [5.74, 6) is 1.27. The molecule has 0 saturated heterocycles. The third-order valence-corrected chi connectivity index (χ3v) is 6.23. The van der Waals surface area contributed by atoms with E-state index >= 15 is 0 Å². The summed E-state index contributed by atoms with van der Waals surface area (Å²) < 4.78 is 38.3. The second kappa shape index (κ2) is 8.57. The lowest BCUT2D eigenvalue weighted by molar-refractivity contribution is 0.376. The first-order valence-corrected chi connectivity index (χ1v) is 11.2. The first-order chi connectivity index (χ1) is 14.1. The van der Waals surface area contributed by atoms with Crippen LogP contribution in [0.1, 0.15) is 44.7 Å². The van der Waals surface area contributed by atoms with Gasteiger partial charge in [-0.1, -0.05) is 57.1 Å². The maximum Gasteiger partial charge on any atom is 0.242 e. The average Bonchev–Trinajstić information content (AvgIpc) is 3.20. The summed E-state index contributed by atoms with van der Waals surface area (Å²) in [6, 6.07) is 12.7. The minimum Gasteiger partial charge on any atom is -0.496 e. The van der Waals surface area contributed by atoms with E-state index in [-0.39, 0.29) is 22.7 Å². The van der Waals surface area contributed by atoms with Crippen LogP contribution in [0.4, 0.5) is 0 Å². The minimum absolute atomic E-state index is 0.0539. The molecule has 1 N–H and O–H groups in total. The third-order valence-electron chi connectivity index (χ3n) is 4.83. The number of hydrogen-bond donors (Lipinski definition) is 1. The average molecular weight is 430 g/mol. The van der Waals surface area contributed by atoms with Gasteiger partial charge in [0.2, 0.25) is 21.7 Å². The third kappa shape index (κ3) is 4.88. The van der Waals surface area contributed by atoms with Crippen LogP contribution in [0.3, 0.4) is 0 Å². The van der Waals surface area contributed by atoms with Crippen molar-refractivity contribution in [1.82, 2.24) is 14.9 Å². The highest BCUT2D eigenvalue weighted by Crippen LogP contribution is 2.25. The Hall–Kier alpha value is -2.71. The van der Waals surface area contributed by atoms with E-state index in [1.165, 1.54) is 11.6 Å². The summed E-state index contributed by atoms with van der Waals surface area (Å²) in [6.45, 7) is 8.28. The van der Waals surface area contributed by atoms with Gasteiger partial charge in [-0.3, -0.25) is 0 Å². The Balaban J connectivity index is 1.72. The molecule has 1 heterocycles. The lowest BCUT2D eigenvalue weighted by Crippen LogP contribution is -2.23. The molecule has 0 atom stereocenters. The van der Waals surface area contributed by atoms with Gasteiger partial charge in [0.05, 0.1) is 18.6 Å². The van der Waals surface area contributed by atoms with Crippen molar-refractivity contribution in [3.05, 3.63) is 59.5 Å². The fourth-order valence-electron chi connectivity index (χ4n) is 3.00. The maximum absolute atomic E-state index is 12.6. The molecule has 2 aromatic carbocycles. The van der Waals surface area contributed by atoms with Crippen LogP contribution in [0.15, 0.2) is 51.9 Å². The van der Waals surface area contributed by atoms with Crippen LogP contribution in [-0.4, -0.2) is 25.7 Å². The molecule has 0 aliphatic carbocycles. The number of methoxy groups -OCH3 is 1. The number of ether oxygens (including phenoxy) is 1. The van der Waals surface area contributed by atoms with E-state index in [1.807, 2.05) is 31.2 Å². The molecule has 7 nitrogen and oxygen atoms in total. The van der Waals surface area contributed by atoms with Crippen molar-refractivity contribution >= 4 is 10.0 Å². The van der Waals surface area contributed by atoms with Crippen molar-refractivity contribution < 1.29 is 17.7 Å². The SMILES string of the molecule is CCc1cc(S(=O)(=O)NCc2nc(-c3ccc(C(C)(C)C)cc3)no2)ccc1OC. The van der Waals surface area contributed by atoms with E-state index in [0.717, 1.165) is 11.1 Å². The lowest BCUT2D eigenvalue weighted by Gasteiger charge is -2.18. The standard InChI is InChI=1S/C22H27N3O4S/c1-6-15-13-18(11-12-19(15)28-5)30(26,27)23-14-20-24-21(25-29-20)16-7-9-17(10-8-16)22(2,3)4/h7-13,23H,6,14H2,1-5H3. The first-order valence-electron chi connectivity index (χ1n) is 9.74. The Kier molecular flexibility index (Phi) is 6.28. The van der Waals surface area contributed by atoms with E-state index in [2.05, 4.69) is 35.6 Å². The molecule has 0 saturated carbocycles. The highest BCUT2D eigenvalue weighted by atomic mass is 32.2. The van der Waals surface area contributed by atoms with Crippen LogP contribution in [0, 0.1) is 0 Å². The molecule has 30 heavy (non-hydrogen) atoms. The summed E-state index contributed by atoms with van der Waals surface area (Å²) in [7, 11) is -2.17. The first kappa shape index (κ1) is 22.0. The Bertz CT molecular complexity index is 1110. The molecule has 0 aliphatic rings. The molecule has 3 aromatic rings. The molecular formula is C22H27N3O4S. The summed E-state index contributed by atoms with van der Waals surface area (Å²) in [6.07, 6.45) is 0.660. The topological polar surface area (TPSA) is 94.3 Å². The van der Waals surface area contributed by atoms with Crippen molar-refractivity contribution in [3.63, 3.8) is 0 Å². The molecule has 0 bridgehead atoms.